The molecule has 4 aromatic rings. The van der Waals surface area contributed by atoms with Crippen LogP contribution < -0.4 is 24.3 Å². The highest BCUT2D eigenvalue weighted by molar-refractivity contribution is 5.84. The Kier molecular flexibility index (Phi) is 9.54. The van der Waals surface area contributed by atoms with Gasteiger partial charge in [-0.1, -0.05) is 48.5 Å². The number of likely N-dealkylation sites (tertiary alicyclic amines) is 2. The minimum Gasteiger partial charge on any atom is -0.484 e. The lowest BCUT2D eigenvalue weighted by Gasteiger charge is -2.37. The lowest BCUT2D eigenvalue weighted by molar-refractivity contribution is -0.130. The average molecular weight is 676 g/mol. The maximum absolute atomic E-state index is 12.1. The number of amides is 1. The molecule has 9 rings (SSSR count). The van der Waals surface area contributed by atoms with Crippen molar-refractivity contribution < 1.29 is 23.7 Å². The van der Waals surface area contributed by atoms with Crippen LogP contribution in [0.1, 0.15) is 66.6 Å². The molecule has 260 valence electrons. The third-order valence-corrected chi connectivity index (χ3v) is 10.7. The van der Waals surface area contributed by atoms with Gasteiger partial charge in [0.15, 0.2) is 23.7 Å². The molecule has 1 N–H and O–H groups in total. The molecule has 0 unspecified atom stereocenters. The second kappa shape index (κ2) is 14.7. The van der Waals surface area contributed by atoms with Crippen LogP contribution in [0.15, 0.2) is 85.2 Å². The highest BCUT2D eigenvalue weighted by Crippen LogP contribution is 2.39. The quantitative estimate of drug-likeness (QED) is 0.269. The largest absolute Gasteiger partial charge is 0.484 e. The number of pyridine rings is 2. The first-order valence-electron chi connectivity index (χ1n) is 18.0. The van der Waals surface area contributed by atoms with Crippen molar-refractivity contribution in [3.8, 4) is 23.3 Å². The molecular weight excluding hydrogens is 630 g/mol. The number of aromatic nitrogens is 2. The molecule has 7 heterocycles. The third-order valence-electron chi connectivity index (χ3n) is 10.7. The van der Waals surface area contributed by atoms with Crippen molar-refractivity contribution in [2.24, 2.45) is 5.41 Å². The fourth-order valence-corrected chi connectivity index (χ4v) is 7.61. The van der Waals surface area contributed by atoms with Crippen molar-refractivity contribution in [1.29, 1.82) is 0 Å². The van der Waals surface area contributed by atoms with Crippen molar-refractivity contribution in [2.75, 3.05) is 45.9 Å². The van der Waals surface area contributed by atoms with Gasteiger partial charge in [0.2, 0.25) is 5.91 Å². The van der Waals surface area contributed by atoms with E-state index in [1.807, 2.05) is 24.3 Å². The molecule has 2 atom stereocenters. The van der Waals surface area contributed by atoms with E-state index < -0.39 is 0 Å². The third kappa shape index (κ3) is 7.27. The number of carbonyl (C=O) groups is 1. The predicted octanol–water partition coefficient (Wildman–Crippen LogP) is 5.89. The molecule has 10 nitrogen and oxygen atoms in total. The maximum atomic E-state index is 12.1. The second-order valence-electron chi connectivity index (χ2n) is 14.0. The van der Waals surface area contributed by atoms with Gasteiger partial charge in [-0.05, 0) is 105 Å². The van der Waals surface area contributed by atoms with Gasteiger partial charge in [0, 0.05) is 32.0 Å². The maximum Gasteiger partial charge on any atom is 0.257 e. The Labute approximate surface area is 293 Å². The molecule has 10 heteroatoms. The summed E-state index contributed by atoms with van der Waals surface area (Å²) < 4.78 is 23.4. The first-order valence-corrected chi connectivity index (χ1v) is 18.0. The predicted molar refractivity (Wildman–Crippen MR) is 188 cm³/mol. The summed E-state index contributed by atoms with van der Waals surface area (Å²) in [5.41, 5.74) is 4.79. The minimum absolute atomic E-state index is 0.0803. The Morgan fingerprint density at radius 2 is 1.16 bits per heavy atom. The van der Waals surface area contributed by atoms with Gasteiger partial charge in [0.25, 0.3) is 11.8 Å². The summed E-state index contributed by atoms with van der Waals surface area (Å²) in [6, 6.07) is 24.7. The fraction of sp³-hybridized carbons (Fsp3) is 0.425. The zero-order valence-electron chi connectivity index (χ0n) is 28.5. The zero-order valence-corrected chi connectivity index (χ0v) is 28.5. The highest BCUT2D eigenvalue weighted by Gasteiger charge is 2.44. The number of hydrogen-bond donors (Lipinski definition) is 1. The molecule has 5 aliphatic heterocycles. The van der Waals surface area contributed by atoms with Crippen LogP contribution in [0.2, 0.25) is 0 Å². The molecular formula is C40H45N5O5. The molecule has 1 amide bonds. The molecule has 3 saturated heterocycles. The van der Waals surface area contributed by atoms with E-state index in [1.54, 1.807) is 12.4 Å². The Morgan fingerprint density at radius 1 is 0.660 bits per heavy atom. The molecule has 0 aliphatic carbocycles. The van der Waals surface area contributed by atoms with E-state index in [0.29, 0.717) is 30.7 Å². The van der Waals surface area contributed by atoms with Crippen LogP contribution in [0.25, 0.3) is 0 Å². The zero-order chi connectivity index (χ0) is 33.8. The minimum atomic E-state index is -0.132. The lowest BCUT2D eigenvalue weighted by atomic mass is 9.77. The van der Waals surface area contributed by atoms with Crippen molar-refractivity contribution >= 4 is 5.91 Å². The van der Waals surface area contributed by atoms with Gasteiger partial charge >= 0.3 is 0 Å². The second-order valence-corrected chi connectivity index (χ2v) is 14.0. The first kappa shape index (κ1) is 32.5. The Bertz CT molecular complexity index is 1750. The molecule has 2 aromatic carbocycles. The van der Waals surface area contributed by atoms with Crippen LogP contribution in [0.5, 0.6) is 23.3 Å². The summed E-state index contributed by atoms with van der Waals surface area (Å²) in [6.07, 6.45) is 8.82. The standard InChI is InChI=1S/C22H25N3O3.C18H20N2O2/c26-21-22(7-11-24-21)8-12-25(13-9-22)14-16-3-5-17(6-4-16)19-15-27-18-2-1-10-23-20(18)28-19;1-2-11-20(10-1)12-14-5-7-15(8-6-14)17-13-21-16-4-3-9-19-18(16)22-17/h1-6,10,19H,7-9,11-15H2,(H,24,26);3-9,17H,1-2,10-13H2/t19-;17-/m11/s1. The van der Waals surface area contributed by atoms with Crippen LogP contribution in [0, 0.1) is 5.41 Å². The van der Waals surface area contributed by atoms with Crippen molar-refractivity contribution in [3.05, 3.63) is 107 Å². The van der Waals surface area contributed by atoms with Gasteiger partial charge in [0.1, 0.15) is 13.2 Å². The number of piperidine rings is 1. The summed E-state index contributed by atoms with van der Waals surface area (Å²) in [5.74, 6) is 2.83. The van der Waals surface area contributed by atoms with Crippen molar-refractivity contribution in [2.45, 2.75) is 57.4 Å². The van der Waals surface area contributed by atoms with E-state index in [4.69, 9.17) is 18.9 Å². The summed E-state index contributed by atoms with van der Waals surface area (Å²) >= 11 is 0. The van der Waals surface area contributed by atoms with E-state index >= 15 is 0 Å². The number of fused-ring (bicyclic) bond motifs is 2. The van der Waals surface area contributed by atoms with Crippen LogP contribution in [-0.4, -0.2) is 71.6 Å². The number of nitrogens with zero attached hydrogens (tertiary/aromatic N) is 4. The SMILES string of the molecule is O=C1NCCC12CCN(Cc1ccc([C@H]3COc4cccnc4O3)cc1)CC2.c1cnc2c(c1)OC[C@H](c1ccc(CN3CCCC3)cc1)O2. The van der Waals surface area contributed by atoms with Crippen molar-refractivity contribution in [1.82, 2.24) is 25.1 Å². The molecule has 0 bridgehead atoms. The lowest BCUT2D eigenvalue weighted by Crippen LogP contribution is -2.43. The molecule has 1 spiro atoms. The van der Waals surface area contributed by atoms with Crippen LogP contribution >= 0.6 is 0 Å². The van der Waals surface area contributed by atoms with E-state index in [9.17, 15) is 4.79 Å². The van der Waals surface area contributed by atoms with Crippen LogP contribution in [-0.2, 0) is 17.9 Å². The average Bonchev–Trinajstić information content (AvgIpc) is 3.82. The van der Waals surface area contributed by atoms with Crippen LogP contribution in [0.4, 0.5) is 0 Å². The number of carbonyl (C=O) groups excluding carboxylic acids is 1. The Hall–Kier alpha value is -4.67. The molecule has 0 saturated carbocycles. The van der Waals surface area contributed by atoms with Gasteiger partial charge in [-0.15, -0.1) is 0 Å². The Morgan fingerprint density at radius 3 is 1.64 bits per heavy atom. The van der Waals surface area contributed by atoms with E-state index in [0.717, 1.165) is 68.9 Å². The number of rotatable bonds is 6. The molecule has 2 aromatic heterocycles. The van der Waals surface area contributed by atoms with Gasteiger partial charge in [-0.25, -0.2) is 9.97 Å². The number of ether oxygens (including phenoxy) is 4. The number of nitrogens with one attached hydrogen (secondary N) is 1. The van der Waals surface area contributed by atoms with Crippen LogP contribution in [0.3, 0.4) is 0 Å². The fourth-order valence-electron chi connectivity index (χ4n) is 7.61. The van der Waals surface area contributed by atoms with Gasteiger partial charge in [-0.3, -0.25) is 14.6 Å². The number of benzene rings is 2. The normalized spacial score (nSPS) is 22.4. The van der Waals surface area contributed by atoms with E-state index in [2.05, 4.69) is 73.6 Å². The Balaban J connectivity index is 0.000000149. The molecule has 50 heavy (non-hydrogen) atoms. The van der Waals surface area contributed by atoms with E-state index in [1.165, 1.54) is 37.1 Å². The summed E-state index contributed by atoms with van der Waals surface area (Å²) in [7, 11) is 0. The monoisotopic (exact) mass is 675 g/mol. The number of hydrogen-bond acceptors (Lipinski definition) is 9. The summed E-state index contributed by atoms with van der Waals surface area (Å²) in [5, 5.41) is 3.00. The molecule has 5 aliphatic rings. The highest BCUT2D eigenvalue weighted by atomic mass is 16.6. The van der Waals surface area contributed by atoms with E-state index in [-0.39, 0.29) is 23.5 Å². The first-order chi connectivity index (χ1) is 24.6. The molecule has 0 radical (unpaired) electrons. The van der Waals surface area contributed by atoms with Gasteiger partial charge < -0.3 is 24.3 Å². The summed E-state index contributed by atoms with van der Waals surface area (Å²) in [6.45, 7) is 8.25. The smallest absolute Gasteiger partial charge is 0.257 e. The molecule has 3 fully saturated rings. The van der Waals surface area contributed by atoms with Gasteiger partial charge in [0.05, 0.1) is 5.41 Å². The van der Waals surface area contributed by atoms with Gasteiger partial charge in [-0.2, -0.15) is 0 Å². The topological polar surface area (TPSA) is 98.3 Å². The van der Waals surface area contributed by atoms with Crippen molar-refractivity contribution in [3.63, 3.8) is 0 Å². The summed E-state index contributed by atoms with van der Waals surface area (Å²) in [4.78, 5) is 25.6.